The van der Waals surface area contributed by atoms with Crippen molar-refractivity contribution in [1.82, 2.24) is 5.32 Å². The molecular weight excluding hydrogens is 254 g/mol. The van der Waals surface area contributed by atoms with Crippen LogP contribution in [0.4, 0.5) is 0 Å². The lowest BCUT2D eigenvalue weighted by Crippen LogP contribution is -2.40. The molecule has 116 valence electrons. The van der Waals surface area contributed by atoms with Crippen LogP contribution in [0.5, 0.6) is 0 Å². The molecule has 20 heavy (non-hydrogen) atoms. The van der Waals surface area contributed by atoms with Crippen molar-refractivity contribution < 1.29 is 14.3 Å². The summed E-state index contributed by atoms with van der Waals surface area (Å²) in [5, 5.41) is 3.11. The molecule has 1 aliphatic rings. The number of hydrogen-bond donors (Lipinski definition) is 1. The smallest absolute Gasteiger partial charge is 0.308 e. The normalized spacial score (nSPS) is 24.9. The quantitative estimate of drug-likeness (QED) is 0.807. The molecule has 0 spiro atoms. The van der Waals surface area contributed by atoms with Crippen LogP contribution in [0.25, 0.3) is 0 Å². The molecule has 0 aromatic heterocycles. The van der Waals surface area contributed by atoms with Crippen LogP contribution in [0.2, 0.25) is 0 Å². The van der Waals surface area contributed by atoms with E-state index in [9.17, 15) is 9.59 Å². The zero-order valence-electron chi connectivity index (χ0n) is 13.5. The lowest BCUT2D eigenvalue weighted by atomic mass is 9.80. The number of carbonyl (C=O) groups is 2. The van der Waals surface area contributed by atoms with E-state index in [-0.39, 0.29) is 29.3 Å². The Morgan fingerprint density at radius 2 is 1.75 bits per heavy atom. The van der Waals surface area contributed by atoms with Gasteiger partial charge in [0.25, 0.3) is 0 Å². The van der Waals surface area contributed by atoms with Crippen LogP contribution in [-0.2, 0) is 14.3 Å². The van der Waals surface area contributed by atoms with E-state index >= 15 is 0 Å². The molecule has 0 aromatic rings. The number of esters is 1. The second kappa shape index (κ2) is 7.09. The van der Waals surface area contributed by atoms with Gasteiger partial charge in [0, 0.05) is 12.5 Å². The maximum Gasteiger partial charge on any atom is 0.308 e. The molecule has 0 aliphatic heterocycles. The van der Waals surface area contributed by atoms with Crippen LogP contribution in [-0.4, -0.2) is 25.0 Å². The van der Waals surface area contributed by atoms with Crippen molar-refractivity contribution >= 4 is 11.9 Å². The van der Waals surface area contributed by atoms with Crippen molar-refractivity contribution in [2.75, 3.05) is 7.11 Å². The molecule has 1 saturated carbocycles. The fraction of sp³-hybridized carbons (Fsp3) is 0.875. The zero-order chi connectivity index (χ0) is 15.3. The van der Waals surface area contributed by atoms with Gasteiger partial charge in [0.1, 0.15) is 0 Å². The number of rotatable bonds is 4. The third-order valence-electron chi connectivity index (χ3n) is 4.60. The van der Waals surface area contributed by atoms with E-state index in [0.717, 1.165) is 25.7 Å². The van der Waals surface area contributed by atoms with Gasteiger partial charge in [-0.25, -0.2) is 0 Å². The molecule has 0 saturated heterocycles. The highest BCUT2D eigenvalue weighted by Gasteiger charge is 2.28. The Labute approximate surface area is 122 Å². The highest BCUT2D eigenvalue weighted by atomic mass is 16.5. The molecule has 4 heteroatoms. The van der Waals surface area contributed by atoms with Gasteiger partial charge in [-0.2, -0.15) is 0 Å². The lowest BCUT2D eigenvalue weighted by Gasteiger charge is -2.30. The Balaban J connectivity index is 2.33. The number of hydrogen-bond acceptors (Lipinski definition) is 3. The first kappa shape index (κ1) is 17.0. The van der Waals surface area contributed by atoms with Crippen LogP contribution in [0.1, 0.15) is 59.8 Å². The topological polar surface area (TPSA) is 55.4 Å². The van der Waals surface area contributed by atoms with Gasteiger partial charge in [-0.3, -0.25) is 9.59 Å². The molecule has 1 rings (SSSR count). The van der Waals surface area contributed by atoms with Gasteiger partial charge in [-0.15, -0.1) is 0 Å². The largest absolute Gasteiger partial charge is 0.469 e. The summed E-state index contributed by atoms with van der Waals surface area (Å²) in [6, 6.07) is 0.218. The molecule has 1 amide bonds. The van der Waals surface area contributed by atoms with Gasteiger partial charge in [0.05, 0.1) is 13.0 Å². The Hall–Kier alpha value is -1.06. The highest BCUT2D eigenvalue weighted by molar-refractivity contribution is 5.76. The zero-order valence-corrected chi connectivity index (χ0v) is 13.5. The summed E-state index contributed by atoms with van der Waals surface area (Å²) in [4.78, 5) is 23.5. The molecule has 1 atom stereocenters. The van der Waals surface area contributed by atoms with Crippen molar-refractivity contribution in [3.63, 3.8) is 0 Å². The summed E-state index contributed by atoms with van der Waals surface area (Å²) >= 11 is 0. The van der Waals surface area contributed by atoms with Gasteiger partial charge < -0.3 is 10.1 Å². The minimum Gasteiger partial charge on any atom is -0.469 e. The average molecular weight is 283 g/mol. The first-order valence-electron chi connectivity index (χ1n) is 7.61. The highest BCUT2D eigenvalue weighted by Crippen LogP contribution is 2.29. The first-order valence-corrected chi connectivity index (χ1v) is 7.61. The fourth-order valence-corrected chi connectivity index (χ4v) is 2.51. The van der Waals surface area contributed by atoms with E-state index in [1.54, 1.807) is 0 Å². The maximum atomic E-state index is 12.0. The van der Waals surface area contributed by atoms with Crippen molar-refractivity contribution in [3.8, 4) is 0 Å². The third kappa shape index (κ3) is 5.14. The molecule has 1 N–H and O–H groups in total. The van der Waals surface area contributed by atoms with Crippen molar-refractivity contribution in [2.45, 2.75) is 65.8 Å². The van der Waals surface area contributed by atoms with Gasteiger partial charge >= 0.3 is 5.97 Å². The number of amides is 1. The molecule has 0 heterocycles. The summed E-state index contributed by atoms with van der Waals surface area (Å²) in [7, 11) is 1.43. The Morgan fingerprint density at radius 3 is 2.20 bits per heavy atom. The Morgan fingerprint density at radius 1 is 1.20 bits per heavy atom. The molecule has 0 bridgehead atoms. The predicted molar refractivity (Wildman–Crippen MR) is 79.1 cm³/mol. The number of methoxy groups -OCH3 is 1. The van der Waals surface area contributed by atoms with Gasteiger partial charge in [0.2, 0.25) is 5.91 Å². The van der Waals surface area contributed by atoms with E-state index < -0.39 is 0 Å². The van der Waals surface area contributed by atoms with Gasteiger partial charge in [-0.05, 0) is 37.0 Å². The number of ether oxygens (including phenoxy) is 1. The first-order chi connectivity index (χ1) is 9.24. The van der Waals surface area contributed by atoms with Crippen LogP contribution in [0.3, 0.4) is 0 Å². The molecule has 4 nitrogen and oxygen atoms in total. The molecule has 0 radical (unpaired) electrons. The van der Waals surface area contributed by atoms with E-state index in [2.05, 4.69) is 33.0 Å². The molecule has 1 aliphatic carbocycles. The Bertz CT molecular complexity index is 338. The summed E-state index contributed by atoms with van der Waals surface area (Å²) in [6.07, 6.45) is 3.93. The lowest BCUT2D eigenvalue weighted by molar-refractivity contribution is -0.146. The van der Waals surface area contributed by atoms with Crippen LogP contribution in [0.15, 0.2) is 0 Å². The Kier molecular flexibility index (Phi) is 6.03. The summed E-state index contributed by atoms with van der Waals surface area (Å²) in [6.45, 7) is 8.60. The minimum atomic E-state index is -0.115. The van der Waals surface area contributed by atoms with Crippen LogP contribution < -0.4 is 5.32 Å². The van der Waals surface area contributed by atoms with Crippen molar-refractivity contribution in [3.05, 3.63) is 0 Å². The second-order valence-corrected chi connectivity index (χ2v) is 7.11. The van der Waals surface area contributed by atoms with Crippen LogP contribution in [0, 0.1) is 17.3 Å². The molecule has 1 unspecified atom stereocenters. The van der Waals surface area contributed by atoms with Crippen molar-refractivity contribution in [1.29, 1.82) is 0 Å². The minimum absolute atomic E-state index is 0.0154. The monoisotopic (exact) mass is 283 g/mol. The second-order valence-electron chi connectivity index (χ2n) is 7.11. The SMILES string of the molecule is COC(=O)C1CCC(NC(=O)CC(C)C(C)(C)C)CC1. The fourth-order valence-electron chi connectivity index (χ4n) is 2.51. The van der Waals surface area contributed by atoms with Gasteiger partial charge in [-0.1, -0.05) is 27.7 Å². The molecule has 0 aromatic carbocycles. The van der Waals surface area contributed by atoms with Crippen LogP contribution >= 0.6 is 0 Å². The predicted octanol–water partition coefficient (Wildman–Crippen LogP) is 2.91. The molecular formula is C16H29NO3. The molecule has 1 fully saturated rings. The summed E-state index contributed by atoms with van der Waals surface area (Å²) in [5.74, 6) is 0.389. The van der Waals surface area contributed by atoms with E-state index in [4.69, 9.17) is 4.74 Å². The van der Waals surface area contributed by atoms with Gasteiger partial charge in [0.15, 0.2) is 0 Å². The number of nitrogens with one attached hydrogen (secondary N) is 1. The van der Waals surface area contributed by atoms with Crippen molar-refractivity contribution in [2.24, 2.45) is 17.3 Å². The number of carbonyl (C=O) groups excluding carboxylic acids is 2. The van der Waals surface area contributed by atoms with E-state index in [1.807, 2.05) is 0 Å². The maximum absolute atomic E-state index is 12.0. The average Bonchev–Trinajstić information content (AvgIpc) is 2.37. The summed E-state index contributed by atoms with van der Waals surface area (Å²) in [5.41, 5.74) is 0.153. The standard InChI is InChI=1S/C16H29NO3/c1-11(16(2,3)4)10-14(18)17-13-8-6-12(7-9-13)15(19)20-5/h11-13H,6-10H2,1-5H3,(H,17,18). The third-order valence-corrected chi connectivity index (χ3v) is 4.60. The summed E-state index contributed by atoms with van der Waals surface area (Å²) < 4.78 is 4.77. The van der Waals surface area contributed by atoms with E-state index in [0.29, 0.717) is 12.3 Å². The van der Waals surface area contributed by atoms with E-state index in [1.165, 1.54) is 7.11 Å².